The molecule has 2 nitrogen and oxygen atoms in total. The van der Waals surface area contributed by atoms with Gasteiger partial charge in [0.15, 0.2) is 0 Å². The van der Waals surface area contributed by atoms with E-state index in [9.17, 15) is 0 Å². The molecular formula is C15H20N2S. The normalized spacial score (nSPS) is 20.3. The first-order valence-electron chi connectivity index (χ1n) is 6.83. The van der Waals surface area contributed by atoms with E-state index in [1.54, 1.807) is 0 Å². The van der Waals surface area contributed by atoms with Crippen molar-refractivity contribution in [2.24, 2.45) is 0 Å². The van der Waals surface area contributed by atoms with Gasteiger partial charge in [0.2, 0.25) is 0 Å². The summed E-state index contributed by atoms with van der Waals surface area (Å²) < 4.78 is 1.39. The lowest BCUT2D eigenvalue weighted by Gasteiger charge is -2.23. The van der Waals surface area contributed by atoms with E-state index < -0.39 is 0 Å². The average Bonchev–Trinajstić information content (AvgIpc) is 2.84. The number of thiophene rings is 1. The molecule has 0 spiro atoms. The van der Waals surface area contributed by atoms with Crippen molar-refractivity contribution in [2.45, 2.75) is 31.8 Å². The van der Waals surface area contributed by atoms with Gasteiger partial charge in [0.1, 0.15) is 0 Å². The van der Waals surface area contributed by atoms with Crippen LogP contribution in [-0.4, -0.2) is 19.1 Å². The summed E-state index contributed by atoms with van der Waals surface area (Å²) in [7, 11) is 0. The summed E-state index contributed by atoms with van der Waals surface area (Å²) in [6, 6.07) is 9.33. The third-order valence-corrected chi connectivity index (χ3v) is 4.69. The highest BCUT2D eigenvalue weighted by Crippen LogP contribution is 2.25. The molecule has 0 amide bonds. The van der Waals surface area contributed by atoms with Gasteiger partial charge in [-0.1, -0.05) is 24.6 Å². The van der Waals surface area contributed by atoms with E-state index in [4.69, 9.17) is 0 Å². The summed E-state index contributed by atoms with van der Waals surface area (Å²) >= 11 is 1.84. The van der Waals surface area contributed by atoms with E-state index in [0.717, 1.165) is 13.1 Å². The monoisotopic (exact) mass is 260 g/mol. The van der Waals surface area contributed by atoms with Crippen LogP contribution >= 0.6 is 11.3 Å². The Morgan fingerprint density at radius 3 is 3.11 bits per heavy atom. The van der Waals surface area contributed by atoms with Crippen LogP contribution in [0.3, 0.4) is 0 Å². The van der Waals surface area contributed by atoms with Crippen LogP contribution in [0.4, 0.5) is 0 Å². The molecule has 0 saturated carbocycles. The third kappa shape index (κ3) is 2.74. The molecule has 3 heteroatoms. The first-order chi connectivity index (χ1) is 8.93. The van der Waals surface area contributed by atoms with Gasteiger partial charge in [-0.3, -0.25) is 0 Å². The number of hydrogen-bond donors (Lipinski definition) is 2. The lowest BCUT2D eigenvalue weighted by molar-refractivity contribution is 0.383. The molecular weight excluding hydrogens is 240 g/mol. The van der Waals surface area contributed by atoms with Crippen molar-refractivity contribution in [3.63, 3.8) is 0 Å². The van der Waals surface area contributed by atoms with Crippen molar-refractivity contribution in [3.8, 4) is 0 Å². The SMILES string of the molecule is c1ccc2c(CNCC3CCCCN3)csc2c1. The molecule has 2 aromatic rings. The summed E-state index contributed by atoms with van der Waals surface area (Å²) in [6.07, 6.45) is 4.03. The smallest absolute Gasteiger partial charge is 0.0346 e. The first kappa shape index (κ1) is 12.2. The van der Waals surface area contributed by atoms with Crippen molar-refractivity contribution in [2.75, 3.05) is 13.1 Å². The van der Waals surface area contributed by atoms with Gasteiger partial charge in [-0.15, -0.1) is 11.3 Å². The minimum absolute atomic E-state index is 0.670. The molecule has 1 fully saturated rings. The zero-order chi connectivity index (χ0) is 12.2. The molecule has 1 aliphatic heterocycles. The van der Waals surface area contributed by atoms with Crippen LogP contribution < -0.4 is 10.6 Å². The molecule has 1 aromatic heterocycles. The maximum Gasteiger partial charge on any atom is 0.0346 e. The zero-order valence-corrected chi connectivity index (χ0v) is 11.4. The highest BCUT2D eigenvalue weighted by Gasteiger charge is 2.11. The van der Waals surface area contributed by atoms with Crippen molar-refractivity contribution in [1.82, 2.24) is 10.6 Å². The van der Waals surface area contributed by atoms with Crippen LogP contribution in [0.5, 0.6) is 0 Å². The fourth-order valence-corrected chi connectivity index (χ4v) is 3.61. The topological polar surface area (TPSA) is 24.1 Å². The van der Waals surface area contributed by atoms with E-state index in [1.165, 1.54) is 41.5 Å². The second kappa shape index (κ2) is 5.83. The molecule has 1 saturated heterocycles. The molecule has 0 bridgehead atoms. The molecule has 0 aliphatic carbocycles. The lowest BCUT2D eigenvalue weighted by atomic mass is 10.1. The van der Waals surface area contributed by atoms with Crippen LogP contribution in [0.15, 0.2) is 29.6 Å². The van der Waals surface area contributed by atoms with E-state index in [2.05, 4.69) is 40.3 Å². The quantitative estimate of drug-likeness (QED) is 0.882. The van der Waals surface area contributed by atoms with Crippen LogP contribution in [0, 0.1) is 0 Å². The number of piperidine rings is 1. The van der Waals surface area contributed by atoms with Gasteiger partial charge in [0.05, 0.1) is 0 Å². The van der Waals surface area contributed by atoms with Crippen molar-refractivity contribution in [1.29, 1.82) is 0 Å². The Balaban J connectivity index is 1.56. The molecule has 96 valence electrons. The largest absolute Gasteiger partial charge is 0.313 e. The van der Waals surface area contributed by atoms with Crippen molar-refractivity contribution >= 4 is 21.4 Å². The Hall–Kier alpha value is -0.900. The van der Waals surface area contributed by atoms with E-state index in [1.807, 2.05) is 11.3 Å². The minimum atomic E-state index is 0.670. The van der Waals surface area contributed by atoms with Gasteiger partial charge >= 0.3 is 0 Å². The first-order valence-corrected chi connectivity index (χ1v) is 7.70. The predicted molar refractivity (Wildman–Crippen MR) is 79.2 cm³/mol. The van der Waals surface area contributed by atoms with Crippen LogP contribution in [0.25, 0.3) is 10.1 Å². The lowest BCUT2D eigenvalue weighted by Crippen LogP contribution is -2.41. The van der Waals surface area contributed by atoms with Gasteiger partial charge in [-0.05, 0) is 41.8 Å². The van der Waals surface area contributed by atoms with E-state index >= 15 is 0 Å². The number of hydrogen-bond acceptors (Lipinski definition) is 3. The highest BCUT2D eigenvalue weighted by atomic mass is 32.1. The Kier molecular flexibility index (Phi) is 3.93. The standard InChI is InChI=1S/C15H20N2S/c1-2-7-15-14(6-1)12(11-18-15)9-16-10-13-5-3-4-8-17-13/h1-2,6-7,11,13,16-17H,3-5,8-10H2. The summed E-state index contributed by atoms with van der Waals surface area (Å²) in [4.78, 5) is 0. The van der Waals surface area contributed by atoms with Crippen molar-refractivity contribution in [3.05, 3.63) is 35.2 Å². The summed E-state index contributed by atoms with van der Waals surface area (Å²) in [5, 5.41) is 10.9. The third-order valence-electron chi connectivity index (χ3n) is 3.68. The Morgan fingerprint density at radius 1 is 1.28 bits per heavy atom. The maximum absolute atomic E-state index is 3.59. The van der Waals surface area contributed by atoms with Gasteiger partial charge in [-0.25, -0.2) is 0 Å². The van der Waals surface area contributed by atoms with Gasteiger partial charge < -0.3 is 10.6 Å². The fraction of sp³-hybridized carbons (Fsp3) is 0.467. The van der Waals surface area contributed by atoms with E-state index in [-0.39, 0.29) is 0 Å². The molecule has 2 N–H and O–H groups in total. The van der Waals surface area contributed by atoms with Crippen LogP contribution in [0.2, 0.25) is 0 Å². The number of nitrogens with one attached hydrogen (secondary N) is 2. The second-order valence-corrected chi connectivity index (χ2v) is 5.95. The molecule has 0 radical (unpaired) electrons. The molecule has 3 rings (SSSR count). The summed E-state index contributed by atoms with van der Waals surface area (Å²) in [5.74, 6) is 0. The Labute approximate surface area is 112 Å². The van der Waals surface area contributed by atoms with Gasteiger partial charge in [0.25, 0.3) is 0 Å². The molecule has 1 aliphatic rings. The predicted octanol–water partition coefficient (Wildman–Crippen LogP) is 3.13. The minimum Gasteiger partial charge on any atom is -0.313 e. The van der Waals surface area contributed by atoms with Crippen molar-refractivity contribution < 1.29 is 0 Å². The molecule has 2 heterocycles. The number of benzene rings is 1. The highest BCUT2D eigenvalue weighted by molar-refractivity contribution is 7.17. The van der Waals surface area contributed by atoms with Crippen LogP contribution in [-0.2, 0) is 6.54 Å². The maximum atomic E-state index is 3.59. The Morgan fingerprint density at radius 2 is 2.22 bits per heavy atom. The zero-order valence-electron chi connectivity index (χ0n) is 10.6. The second-order valence-electron chi connectivity index (χ2n) is 5.03. The van der Waals surface area contributed by atoms with Crippen LogP contribution in [0.1, 0.15) is 24.8 Å². The molecule has 1 unspecified atom stereocenters. The van der Waals surface area contributed by atoms with E-state index in [0.29, 0.717) is 6.04 Å². The fourth-order valence-electron chi connectivity index (χ4n) is 2.65. The van der Waals surface area contributed by atoms with Gasteiger partial charge in [0, 0.05) is 23.8 Å². The molecule has 1 aromatic carbocycles. The Bertz CT molecular complexity index is 500. The average molecular weight is 260 g/mol. The number of rotatable bonds is 4. The number of fused-ring (bicyclic) bond motifs is 1. The summed E-state index contributed by atoms with van der Waals surface area (Å²) in [6.45, 7) is 3.26. The summed E-state index contributed by atoms with van der Waals surface area (Å²) in [5.41, 5.74) is 1.44. The molecule has 18 heavy (non-hydrogen) atoms. The molecule has 1 atom stereocenters. The van der Waals surface area contributed by atoms with Gasteiger partial charge in [-0.2, -0.15) is 0 Å².